The number of amides is 1. The molecule has 2 aromatic rings. The van der Waals surface area contributed by atoms with Gasteiger partial charge in [0, 0.05) is 17.3 Å². The van der Waals surface area contributed by atoms with Gasteiger partial charge in [-0.3, -0.25) is 4.79 Å². The van der Waals surface area contributed by atoms with Crippen molar-refractivity contribution in [1.29, 1.82) is 0 Å². The number of rotatable bonds is 6. The van der Waals surface area contributed by atoms with E-state index in [0.29, 0.717) is 17.3 Å². The molecule has 1 heterocycles. The summed E-state index contributed by atoms with van der Waals surface area (Å²) < 4.78 is 2.03. The van der Waals surface area contributed by atoms with E-state index in [1.807, 2.05) is 16.7 Å². The van der Waals surface area contributed by atoms with Crippen molar-refractivity contribution in [2.24, 2.45) is 0 Å². The largest absolute Gasteiger partial charge is 0.392 e. The number of aliphatic hydroxyl groups excluding tert-OH is 1. The minimum atomic E-state index is -0.119. The highest BCUT2D eigenvalue weighted by Crippen LogP contribution is 2.37. The summed E-state index contributed by atoms with van der Waals surface area (Å²) in [5.74, 6) is 0.150. The van der Waals surface area contributed by atoms with Crippen LogP contribution in [0.4, 0.5) is 5.69 Å². The van der Waals surface area contributed by atoms with E-state index in [1.165, 1.54) is 11.8 Å². The van der Waals surface area contributed by atoms with Crippen molar-refractivity contribution in [2.45, 2.75) is 30.6 Å². The lowest BCUT2D eigenvalue weighted by Crippen LogP contribution is -2.15. The standard InChI is InChI=1S/C14H16N4O2S/c19-7-10-3-1-2-4-12(10)16-13(20)8-21-14-17-15-9-18(14)11-5-6-11/h1-4,9,11,19H,5-8H2,(H,16,20). The van der Waals surface area contributed by atoms with E-state index in [4.69, 9.17) is 0 Å². The second-order valence-corrected chi connectivity index (χ2v) is 5.85. The van der Waals surface area contributed by atoms with Crippen LogP contribution in [0.3, 0.4) is 0 Å². The Balaban J connectivity index is 1.58. The molecule has 21 heavy (non-hydrogen) atoms. The maximum absolute atomic E-state index is 12.0. The van der Waals surface area contributed by atoms with E-state index in [0.717, 1.165) is 18.0 Å². The molecule has 110 valence electrons. The van der Waals surface area contributed by atoms with Crippen LogP contribution < -0.4 is 5.32 Å². The monoisotopic (exact) mass is 304 g/mol. The first-order valence-electron chi connectivity index (χ1n) is 6.79. The van der Waals surface area contributed by atoms with Gasteiger partial charge in [0.05, 0.1) is 12.4 Å². The molecule has 6 nitrogen and oxygen atoms in total. The number of hydrogen-bond donors (Lipinski definition) is 2. The average Bonchev–Trinajstić information content (AvgIpc) is 3.24. The van der Waals surface area contributed by atoms with Gasteiger partial charge in [0.2, 0.25) is 5.91 Å². The smallest absolute Gasteiger partial charge is 0.234 e. The molecule has 3 rings (SSSR count). The third kappa shape index (κ3) is 3.43. The maximum atomic E-state index is 12.0. The number of thioether (sulfide) groups is 1. The molecule has 0 atom stereocenters. The Morgan fingerprint density at radius 2 is 2.24 bits per heavy atom. The molecule has 7 heteroatoms. The van der Waals surface area contributed by atoms with Gasteiger partial charge >= 0.3 is 0 Å². The SMILES string of the molecule is O=C(CSc1nncn1C1CC1)Nc1ccccc1CO. The van der Waals surface area contributed by atoms with E-state index < -0.39 is 0 Å². The van der Waals surface area contributed by atoms with Gasteiger partial charge in [-0.1, -0.05) is 30.0 Å². The summed E-state index contributed by atoms with van der Waals surface area (Å²) in [7, 11) is 0. The number of aliphatic hydroxyl groups is 1. The molecule has 1 aromatic heterocycles. The van der Waals surface area contributed by atoms with Gasteiger partial charge in [-0.15, -0.1) is 10.2 Å². The van der Waals surface area contributed by atoms with Crippen LogP contribution in [0.5, 0.6) is 0 Å². The second kappa shape index (κ2) is 6.28. The summed E-state index contributed by atoms with van der Waals surface area (Å²) in [6.07, 6.45) is 4.03. The normalized spacial score (nSPS) is 14.1. The minimum Gasteiger partial charge on any atom is -0.392 e. The molecular weight excluding hydrogens is 288 g/mol. The lowest BCUT2D eigenvalue weighted by Gasteiger charge is -2.09. The highest BCUT2D eigenvalue weighted by Gasteiger charge is 2.26. The third-order valence-electron chi connectivity index (χ3n) is 3.27. The maximum Gasteiger partial charge on any atom is 0.234 e. The van der Waals surface area contributed by atoms with Crippen LogP contribution in [0.25, 0.3) is 0 Å². The van der Waals surface area contributed by atoms with E-state index in [2.05, 4.69) is 15.5 Å². The van der Waals surface area contributed by atoms with Crippen molar-refractivity contribution in [3.63, 3.8) is 0 Å². The Kier molecular flexibility index (Phi) is 4.21. The Labute approximate surface area is 126 Å². The zero-order valence-corrected chi connectivity index (χ0v) is 12.2. The fraction of sp³-hybridized carbons (Fsp3) is 0.357. The van der Waals surface area contributed by atoms with Crippen molar-refractivity contribution in [3.05, 3.63) is 36.2 Å². The lowest BCUT2D eigenvalue weighted by molar-refractivity contribution is -0.113. The number of anilines is 1. The van der Waals surface area contributed by atoms with Crippen molar-refractivity contribution >= 4 is 23.4 Å². The van der Waals surface area contributed by atoms with Gasteiger partial charge in [-0.05, 0) is 18.9 Å². The highest BCUT2D eigenvalue weighted by atomic mass is 32.2. The molecular formula is C14H16N4O2S. The third-order valence-corrected chi connectivity index (χ3v) is 4.23. The van der Waals surface area contributed by atoms with Gasteiger partial charge in [0.15, 0.2) is 5.16 Å². The molecule has 1 aliphatic rings. The van der Waals surface area contributed by atoms with E-state index in [9.17, 15) is 9.90 Å². The predicted molar refractivity (Wildman–Crippen MR) is 80.0 cm³/mol. The number of benzene rings is 1. The highest BCUT2D eigenvalue weighted by molar-refractivity contribution is 7.99. The van der Waals surface area contributed by atoms with Crippen LogP contribution in [0, 0.1) is 0 Å². The van der Waals surface area contributed by atoms with E-state index in [1.54, 1.807) is 18.5 Å². The molecule has 0 bridgehead atoms. The summed E-state index contributed by atoms with van der Waals surface area (Å²) in [5, 5.41) is 20.8. The van der Waals surface area contributed by atoms with Crippen LogP contribution in [-0.2, 0) is 11.4 Å². The molecule has 0 radical (unpaired) electrons. The lowest BCUT2D eigenvalue weighted by atomic mass is 10.2. The van der Waals surface area contributed by atoms with Crippen molar-refractivity contribution in [2.75, 3.05) is 11.1 Å². The Morgan fingerprint density at radius 3 is 3.00 bits per heavy atom. The summed E-state index contributed by atoms with van der Waals surface area (Å²) >= 11 is 1.38. The number of nitrogens with one attached hydrogen (secondary N) is 1. The topological polar surface area (TPSA) is 80.0 Å². The number of hydrogen-bond acceptors (Lipinski definition) is 5. The molecule has 1 amide bonds. The van der Waals surface area contributed by atoms with Crippen molar-refractivity contribution in [3.8, 4) is 0 Å². The summed E-state index contributed by atoms with van der Waals surface area (Å²) in [4.78, 5) is 12.0. The molecule has 0 spiro atoms. The first kappa shape index (κ1) is 14.1. The van der Waals surface area contributed by atoms with Crippen LogP contribution in [0.15, 0.2) is 35.7 Å². The molecule has 1 aromatic carbocycles. The van der Waals surface area contributed by atoms with Gasteiger partial charge in [0.1, 0.15) is 6.33 Å². The quantitative estimate of drug-likeness (QED) is 0.796. The van der Waals surface area contributed by atoms with Crippen LogP contribution in [0.2, 0.25) is 0 Å². The summed E-state index contributed by atoms with van der Waals surface area (Å²) in [6.45, 7) is -0.0976. The molecule has 1 fully saturated rings. The molecule has 1 aliphatic carbocycles. The first-order chi connectivity index (χ1) is 10.3. The van der Waals surface area contributed by atoms with Gasteiger partial charge in [-0.2, -0.15) is 0 Å². The average molecular weight is 304 g/mol. The number of carbonyl (C=O) groups is 1. The number of nitrogens with zero attached hydrogens (tertiary/aromatic N) is 3. The summed E-state index contributed by atoms with van der Waals surface area (Å²) in [5.41, 5.74) is 1.35. The van der Waals surface area contributed by atoms with Gasteiger partial charge < -0.3 is 15.0 Å². The Morgan fingerprint density at radius 1 is 1.43 bits per heavy atom. The van der Waals surface area contributed by atoms with Crippen LogP contribution in [0.1, 0.15) is 24.4 Å². The van der Waals surface area contributed by atoms with Crippen molar-refractivity contribution in [1.82, 2.24) is 14.8 Å². The number of para-hydroxylation sites is 1. The van der Waals surface area contributed by atoms with E-state index in [-0.39, 0.29) is 18.3 Å². The van der Waals surface area contributed by atoms with Crippen LogP contribution in [-0.4, -0.2) is 31.5 Å². The molecule has 1 saturated carbocycles. The summed E-state index contributed by atoms with van der Waals surface area (Å²) in [6, 6.07) is 7.72. The molecule has 0 saturated heterocycles. The first-order valence-corrected chi connectivity index (χ1v) is 7.77. The molecule has 2 N–H and O–H groups in total. The van der Waals surface area contributed by atoms with E-state index >= 15 is 0 Å². The fourth-order valence-electron chi connectivity index (χ4n) is 2.03. The molecule has 0 aliphatic heterocycles. The van der Waals surface area contributed by atoms with Gasteiger partial charge in [-0.25, -0.2) is 0 Å². The Bertz CT molecular complexity index is 639. The zero-order chi connectivity index (χ0) is 14.7. The van der Waals surface area contributed by atoms with Crippen molar-refractivity contribution < 1.29 is 9.90 Å². The number of aromatic nitrogens is 3. The zero-order valence-electron chi connectivity index (χ0n) is 11.4. The molecule has 0 unspecified atom stereocenters. The fourth-order valence-corrected chi connectivity index (χ4v) is 2.82. The Hall–Kier alpha value is -1.86. The second-order valence-electron chi connectivity index (χ2n) is 4.90. The van der Waals surface area contributed by atoms with Gasteiger partial charge in [0.25, 0.3) is 0 Å². The van der Waals surface area contributed by atoms with Crippen LogP contribution >= 0.6 is 11.8 Å². The number of carbonyl (C=O) groups excluding carboxylic acids is 1. The predicted octanol–water partition coefficient (Wildman–Crippen LogP) is 1.84. The minimum absolute atomic E-state index is 0.0976.